The summed E-state index contributed by atoms with van der Waals surface area (Å²) in [6.07, 6.45) is 0. The summed E-state index contributed by atoms with van der Waals surface area (Å²) in [4.78, 5) is 11.2. The molecule has 0 aliphatic carbocycles. The second-order valence-electron chi connectivity index (χ2n) is 3.33. The molecular formula is C9H23O4Si2. The van der Waals surface area contributed by atoms with Crippen LogP contribution in [0.5, 0.6) is 0 Å². The van der Waals surface area contributed by atoms with Gasteiger partial charge in [0.2, 0.25) is 9.04 Å². The third kappa shape index (κ3) is 6.44. The molecule has 91 valence electrons. The van der Waals surface area contributed by atoms with E-state index in [0.717, 1.165) is 0 Å². The molecule has 0 heterocycles. The van der Waals surface area contributed by atoms with E-state index in [0.29, 0.717) is 31.9 Å². The molecule has 0 saturated heterocycles. The summed E-state index contributed by atoms with van der Waals surface area (Å²) < 4.78 is 16.9. The number of rotatable bonds is 9. The fraction of sp³-hybridized carbons (Fsp3) is 1.00. The summed E-state index contributed by atoms with van der Waals surface area (Å²) in [7, 11) is -4.32. The van der Waals surface area contributed by atoms with Gasteiger partial charge in [-0.05, 0) is 33.4 Å². The Kier molecular flexibility index (Phi) is 8.58. The number of hydrogen-bond donors (Lipinski definition) is 0. The first-order valence-electron chi connectivity index (χ1n) is 5.67. The zero-order valence-corrected chi connectivity index (χ0v) is 12.4. The summed E-state index contributed by atoms with van der Waals surface area (Å²) in [5.74, 6) is 0. The summed E-state index contributed by atoms with van der Waals surface area (Å²) >= 11 is 0. The van der Waals surface area contributed by atoms with Crippen molar-refractivity contribution in [2.24, 2.45) is 0 Å². The Morgan fingerprint density at radius 2 is 1.40 bits per heavy atom. The molecule has 0 amide bonds. The molecule has 0 fully saturated rings. The first-order valence-corrected chi connectivity index (χ1v) is 10.0. The van der Waals surface area contributed by atoms with Crippen LogP contribution in [-0.4, -0.2) is 37.7 Å². The van der Waals surface area contributed by atoms with Crippen molar-refractivity contribution >= 4 is 17.8 Å². The van der Waals surface area contributed by atoms with Crippen LogP contribution < -0.4 is 0 Å². The molecule has 15 heavy (non-hydrogen) atoms. The van der Waals surface area contributed by atoms with E-state index < -0.39 is 17.8 Å². The quantitative estimate of drug-likeness (QED) is 0.587. The topological polar surface area (TPSA) is 47.6 Å². The molecule has 0 spiro atoms. The maximum Gasteiger partial charge on any atom is 0.500 e. The predicted octanol–water partition coefficient (Wildman–Crippen LogP) is 1.82. The molecule has 0 aromatic heterocycles. The molecule has 0 saturated carbocycles. The molecule has 4 nitrogen and oxygen atoms in total. The van der Waals surface area contributed by atoms with Crippen molar-refractivity contribution in [2.45, 2.75) is 39.4 Å². The Morgan fingerprint density at radius 3 is 1.67 bits per heavy atom. The standard InChI is InChI=1S/C9H23O4Si2/c1-5-11-15(12-6-2,13-7-3)9-8-14(4)10/h14H,5-9H2,1-4H3. The van der Waals surface area contributed by atoms with Crippen molar-refractivity contribution in [3.8, 4) is 0 Å². The average molecular weight is 251 g/mol. The van der Waals surface area contributed by atoms with E-state index in [4.69, 9.17) is 13.3 Å². The average Bonchev–Trinajstić information content (AvgIpc) is 2.16. The maximum absolute atomic E-state index is 11.2. The van der Waals surface area contributed by atoms with E-state index in [2.05, 4.69) is 0 Å². The van der Waals surface area contributed by atoms with E-state index in [1.165, 1.54) is 0 Å². The van der Waals surface area contributed by atoms with Crippen LogP contribution in [0.3, 0.4) is 0 Å². The molecule has 0 aliphatic rings. The SMILES string of the molecule is CCO[Si](CC[SiH](C)[O])(OCC)OCC. The van der Waals surface area contributed by atoms with Crippen LogP contribution in [-0.2, 0) is 18.1 Å². The van der Waals surface area contributed by atoms with Crippen LogP contribution in [0, 0.1) is 0 Å². The van der Waals surface area contributed by atoms with Crippen LogP contribution in [0.25, 0.3) is 0 Å². The van der Waals surface area contributed by atoms with E-state index >= 15 is 0 Å². The van der Waals surface area contributed by atoms with Crippen LogP contribution >= 0.6 is 0 Å². The molecule has 1 atom stereocenters. The Hall–Kier alpha value is 0.274. The van der Waals surface area contributed by atoms with Crippen LogP contribution in [0.4, 0.5) is 0 Å². The third-order valence-corrected chi connectivity index (χ3v) is 6.72. The summed E-state index contributed by atoms with van der Waals surface area (Å²) in [5.41, 5.74) is 0. The lowest BCUT2D eigenvalue weighted by Crippen LogP contribution is -2.46. The zero-order chi connectivity index (χ0) is 11.7. The second-order valence-corrected chi connectivity index (χ2v) is 8.26. The second kappa shape index (κ2) is 8.43. The van der Waals surface area contributed by atoms with Crippen molar-refractivity contribution < 1.29 is 18.1 Å². The summed E-state index contributed by atoms with van der Waals surface area (Å²) in [5, 5.41) is 0. The lowest BCUT2D eigenvalue weighted by Gasteiger charge is -2.28. The van der Waals surface area contributed by atoms with Crippen molar-refractivity contribution in [2.75, 3.05) is 19.8 Å². The molecule has 0 rings (SSSR count). The van der Waals surface area contributed by atoms with Gasteiger partial charge in [0.15, 0.2) is 0 Å². The molecule has 0 N–H and O–H groups in total. The van der Waals surface area contributed by atoms with E-state index in [9.17, 15) is 4.80 Å². The minimum atomic E-state index is -2.52. The van der Waals surface area contributed by atoms with Crippen molar-refractivity contribution in [3.63, 3.8) is 0 Å². The van der Waals surface area contributed by atoms with Gasteiger partial charge in [0.1, 0.15) is 0 Å². The minimum Gasteiger partial charge on any atom is -0.374 e. The van der Waals surface area contributed by atoms with Gasteiger partial charge in [-0.2, -0.15) is 0 Å². The van der Waals surface area contributed by atoms with Crippen molar-refractivity contribution in [1.82, 2.24) is 0 Å². The van der Waals surface area contributed by atoms with Gasteiger partial charge in [-0.25, -0.2) is 0 Å². The Labute approximate surface area is 95.6 Å². The summed E-state index contributed by atoms with van der Waals surface area (Å²) in [6, 6.07) is 1.37. The third-order valence-electron chi connectivity index (χ3n) is 1.95. The molecule has 6 heteroatoms. The van der Waals surface area contributed by atoms with Gasteiger partial charge in [-0.15, -0.1) is 0 Å². The van der Waals surface area contributed by atoms with Crippen LogP contribution in [0.15, 0.2) is 0 Å². The predicted molar refractivity (Wildman–Crippen MR) is 63.9 cm³/mol. The van der Waals surface area contributed by atoms with Gasteiger partial charge in [0.05, 0.1) is 0 Å². The molecule has 1 unspecified atom stereocenters. The van der Waals surface area contributed by atoms with E-state index in [1.54, 1.807) is 6.55 Å². The Bertz CT molecular complexity index is 138. The fourth-order valence-electron chi connectivity index (χ4n) is 1.38. The lowest BCUT2D eigenvalue weighted by atomic mass is 10.9. The van der Waals surface area contributed by atoms with Gasteiger partial charge in [-0.1, -0.05) is 0 Å². The van der Waals surface area contributed by atoms with Crippen LogP contribution in [0.2, 0.25) is 18.6 Å². The molecule has 1 radical (unpaired) electrons. The largest absolute Gasteiger partial charge is 0.500 e. The van der Waals surface area contributed by atoms with Gasteiger partial charge in [0, 0.05) is 25.9 Å². The highest BCUT2D eigenvalue weighted by atomic mass is 28.4. The zero-order valence-electron chi connectivity index (χ0n) is 10.2. The lowest BCUT2D eigenvalue weighted by molar-refractivity contribution is 0.0723. The normalized spacial score (nSPS) is 14.2. The summed E-state index contributed by atoms with van der Waals surface area (Å²) in [6.45, 7) is 9.33. The smallest absolute Gasteiger partial charge is 0.374 e. The highest BCUT2D eigenvalue weighted by Crippen LogP contribution is 2.19. The fourth-order valence-corrected chi connectivity index (χ4v) is 6.42. The van der Waals surface area contributed by atoms with Gasteiger partial charge in [0.25, 0.3) is 0 Å². The molecular weight excluding hydrogens is 228 g/mol. The first-order chi connectivity index (χ1) is 7.10. The maximum atomic E-state index is 11.2. The molecule has 0 bridgehead atoms. The van der Waals surface area contributed by atoms with Crippen molar-refractivity contribution in [1.29, 1.82) is 0 Å². The first kappa shape index (κ1) is 15.3. The molecule has 0 aromatic carbocycles. The van der Waals surface area contributed by atoms with E-state index in [1.807, 2.05) is 20.8 Å². The van der Waals surface area contributed by atoms with Gasteiger partial charge in [-0.3, -0.25) is 0 Å². The van der Waals surface area contributed by atoms with Crippen LogP contribution in [0.1, 0.15) is 20.8 Å². The molecule has 0 aliphatic heterocycles. The van der Waals surface area contributed by atoms with E-state index in [-0.39, 0.29) is 0 Å². The molecule has 0 aromatic rings. The Morgan fingerprint density at radius 1 is 1.00 bits per heavy atom. The minimum absolute atomic E-state index is 0.584. The van der Waals surface area contributed by atoms with Gasteiger partial charge < -0.3 is 18.1 Å². The van der Waals surface area contributed by atoms with Crippen molar-refractivity contribution in [3.05, 3.63) is 0 Å². The highest BCUT2D eigenvalue weighted by molar-refractivity contribution is 6.63. The number of hydrogen-bond acceptors (Lipinski definition) is 3. The van der Waals surface area contributed by atoms with Gasteiger partial charge >= 0.3 is 8.80 Å². The Balaban J connectivity index is 4.31. The monoisotopic (exact) mass is 251 g/mol. The highest BCUT2D eigenvalue weighted by Gasteiger charge is 2.40.